The van der Waals surface area contributed by atoms with Gasteiger partial charge in [0.2, 0.25) is 17.6 Å². The van der Waals surface area contributed by atoms with E-state index in [4.69, 9.17) is 0 Å². The van der Waals surface area contributed by atoms with Crippen molar-refractivity contribution in [3.63, 3.8) is 0 Å². The van der Waals surface area contributed by atoms with E-state index in [9.17, 15) is 19.2 Å². The number of carbonyl (C=O) groups excluding carboxylic acids is 4. The quantitative estimate of drug-likeness (QED) is 0.246. The lowest BCUT2D eigenvalue weighted by Crippen LogP contribution is -2.55. The molecule has 3 amide bonds. The summed E-state index contributed by atoms with van der Waals surface area (Å²) in [6, 6.07) is 12.5. The Morgan fingerprint density at radius 2 is 1.75 bits per heavy atom. The number of benzene rings is 2. The second-order valence-electron chi connectivity index (χ2n) is 11.9. The van der Waals surface area contributed by atoms with Crippen molar-refractivity contribution in [2.75, 3.05) is 26.2 Å². The first-order valence-electron chi connectivity index (χ1n) is 14.7. The summed E-state index contributed by atoms with van der Waals surface area (Å²) >= 11 is 0. The largest absolute Gasteiger partial charge is 0.354 e. The van der Waals surface area contributed by atoms with Crippen LogP contribution in [0.15, 0.2) is 42.5 Å². The van der Waals surface area contributed by atoms with Gasteiger partial charge in [-0.1, -0.05) is 77.1 Å². The first-order valence-corrected chi connectivity index (χ1v) is 14.7. The van der Waals surface area contributed by atoms with Gasteiger partial charge in [0, 0.05) is 24.9 Å². The first kappa shape index (κ1) is 31.3. The van der Waals surface area contributed by atoms with E-state index in [2.05, 4.69) is 29.8 Å². The molecule has 2 atom stereocenters. The molecule has 40 heavy (non-hydrogen) atoms. The molecule has 0 saturated carbocycles. The first-order chi connectivity index (χ1) is 19.0. The van der Waals surface area contributed by atoms with Crippen molar-refractivity contribution in [3.05, 3.63) is 48.0 Å². The Labute approximate surface area is 238 Å². The Morgan fingerprint density at radius 1 is 1.02 bits per heavy atom. The van der Waals surface area contributed by atoms with Gasteiger partial charge in [0.15, 0.2) is 0 Å². The normalized spacial score (nSPS) is 16.2. The molecule has 1 aliphatic rings. The second kappa shape index (κ2) is 14.4. The highest BCUT2D eigenvalue weighted by Crippen LogP contribution is 2.26. The fourth-order valence-electron chi connectivity index (χ4n) is 4.88. The number of fused-ring (bicyclic) bond motifs is 1. The zero-order valence-electron chi connectivity index (χ0n) is 24.7. The zero-order valence-corrected chi connectivity index (χ0v) is 24.7. The molecule has 1 fully saturated rings. The molecule has 3 rings (SSSR count). The molecule has 218 valence electrons. The molecule has 0 bridgehead atoms. The molecular weight excluding hydrogens is 504 g/mol. The Kier molecular flexibility index (Phi) is 11.3. The number of nitrogens with zero attached hydrogens (tertiary/aromatic N) is 1. The lowest BCUT2D eigenvalue weighted by Gasteiger charge is -2.29. The molecule has 1 aliphatic heterocycles. The molecule has 3 N–H and O–H groups in total. The van der Waals surface area contributed by atoms with Crippen molar-refractivity contribution in [1.29, 1.82) is 0 Å². The van der Waals surface area contributed by atoms with E-state index in [1.165, 1.54) is 4.90 Å². The van der Waals surface area contributed by atoms with Gasteiger partial charge < -0.3 is 20.9 Å². The molecule has 8 heteroatoms. The Morgan fingerprint density at radius 3 is 2.45 bits per heavy atom. The van der Waals surface area contributed by atoms with Gasteiger partial charge in [0.25, 0.3) is 5.91 Å². The van der Waals surface area contributed by atoms with Crippen LogP contribution in [0, 0.1) is 11.3 Å². The van der Waals surface area contributed by atoms with Crippen molar-refractivity contribution in [2.24, 2.45) is 11.3 Å². The number of carbonyl (C=O) groups is 4. The molecule has 0 aromatic heterocycles. The molecule has 2 aromatic carbocycles. The summed E-state index contributed by atoms with van der Waals surface area (Å²) in [5.41, 5.74) is 0.139. The van der Waals surface area contributed by atoms with E-state index in [1.807, 2.05) is 49.4 Å². The SMILES string of the molecule is CCC(C)(C)C(=O)C(=O)N1CCCC1C(=O)N[C@H](Cc1ccc2ccccc2c1)C(=O)NCCCNCC(C)C. The summed E-state index contributed by atoms with van der Waals surface area (Å²) in [4.78, 5) is 54.1. The minimum atomic E-state index is -0.808. The van der Waals surface area contributed by atoms with Gasteiger partial charge >= 0.3 is 0 Å². The summed E-state index contributed by atoms with van der Waals surface area (Å²) < 4.78 is 0. The van der Waals surface area contributed by atoms with Crippen molar-refractivity contribution >= 4 is 34.3 Å². The highest BCUT2D eigenvalue weighted by Gasteiger charge is 2.41. The fraction of sp³-hybridized carbons (Fsp3) is 0.562. The molecule has 0 radical (unpaired) electrons. The Hall–Kier alpha value is -3.26. The van der Waals surface area contributed by atoms with Crippen molar-refractivity contribution < 1.29 is 19.2 Å². The summed E-state index contributed by atoms with van der Waals surface area (Å²) in [5.74, 6) is -1.20. The molecule has 1 heterocycles. The lowest BCUT2D eigenvalue weighted by atomic mass is 9.84. The van der Waals surface area contributed by atoms with Gasteiger partial charge in [-0.05, 0) is 61.0 Å². The number of Topliss-reactive ketones (excluding diaryl/α,β-unsaturated/α-hetero) is 1. The number of nitrogens with one attached hydrogen (secondary N) is 3. The van der Waals surface area contributed by atoms with Crippen LogP contribution < -0.4 is 16.0 Å². The van der Waals surface area contributed by atoms with Gasteiger partial charge in [0.1, 0.15) is 12.1 Å². The highest BCUT2D eigenvalue weighted by atomic mass is 16.2. The fourth-order valence-corrected chi connectivity index (χ4v) is 4.88. The molecule has 1 unspecified atom stereocenters. The van der Waals surface area contributed by atoms with Crippen LogP contribution in [0.2, 0.25) is 0 Å². The number of rotatable bonds is 14. The van der Waals surface area contributed by atoms with Crippen molar-refractivity contribution in [1.82, 2.24) is 20.9 Å². The maximum absolute atomic E-state index is 13.5. The summed E-state index contributed by atoms with van der Waals surface area (Å²) in [5, 5.41) is 11.4. The number of hydrogen-bond acceptors (Lipinski definition) is 5. The van der Waals surface area contributed by atoms with E-state index in [-0.39, 0.29) is 5.91 Å². The van der Waals surface area contributed by atoms with Gasteiger partial charge in [-0.2, -0.15) is 0 Å². The molecule has 0 spiro atoms. The summed E-state index contributed by atoms with van der Waals surface area (Å²) in [7, 11) is 0. The van der Waals surface area contributed by atoms with E-state index >= 15 is 0 Å². The Bertz CT molecular complexity index is 1190. The lowest BCUT2D eigenvalue weighted by molar-refractivity contribution is -0.151. The smallest absolute Gasteiger partial charge is 0.291 e. The van der Waals surface area contributed by atoms with Crippen molar-refractivity contribution in [3.8, 4) is 0 Å². The minimum Gasteiger partial charge on any atom is -0.354 e. The predicted molar refractivity (Wildman–Crippen MR) is 159 cm³/mol. The number of amides is 3. The standard InChI is InChI=1S/C32H46N4O4/c1-6-32(4,5)28(37)31(40)36-18-9-13-27(36)30(39)35-26(29(38)34-17-10-16-33-21-22(2)3)20-23-14-15-24-11-7-8-12-25(24)19-23/h7-8,11-12,14-15,19,22,26-27,33H,6,9-10,13,16-18,20-21H2,1-5H3,(H,34,38)(H,35,39)/t26-,27?/m1/s1. The monoisotopic (exact) mass is 550 g/mol. The van der Waals surface area contributed by atoms with Gasteiger partial charge in [-0.15, -0.1) is 0 Å². The maximum Gasteiger partial charge on any atom is 0.291 e. The van der Waals surface area contributed by atoms with E-state index in [1.54, 1.807) is 13.8 Å². The third-order valence-electron chi connectivity index (χ3n) is 7.78. The average molecular weight is 551 g/mol. The van der Waals surface area contributed by atoms with Crippen LogP contribution in [0.3, 0.4) is 0 Å². The predicted octanol–water partition coefficient (Wildman–Crippen LogP) is 3.62. The summed E-state index contributed by atoms with van der Waals surface area (Å²) in [6.45, 7) is 12.2. The van der Waals surface area contributed by atoms with Crippen LogP contribution in [-0.4, -0.2) is 66.7 Å². The molecule has 1 saturated heterocycles. The van der Waals surface area contributed by atoms with Crippen LogP contribution in [0.1, 0.15) is 65.9 Å². The maximum atomic E-state index is 13.5. The third kappa shape index (κ3) is 8.37. The molecular formula is C32H46N4O4. The van der Waals surface area contributed by atoms with Gasteiger partial charge in [-0.25, -0.2) is 0 Å². The average Bonchev–Trinajstić information content (AvgIpc) is 3.43. The number of likely N-dealkylation sites (tertiary alicyclic amines) is 1. The van der Waals surface area contributed by atoms with Gasteiger partial charge in [-0.3, -0.25) is 19.2 Å². The topological polar surface area (TPSA) is 108 Å². The summed E-state index contributed by atoms with van der Waals surface area (Å²) in [6.07, 6.45) is 2.72. The second-order valence-corrected chi connectivity index (χ2v) is 11.9. The van der Waals surface area contributed by atoms with E-state index < -0.39 is 35.1 Å². The zero-order chi connectivity index (χ0) is 29.3. The van der Waals surface area contributed by atoms with Crippen LogP contribution >= 0.6 is 0 Å². The molecule has 2 aromatic rings. The molecule has 0 aliphatic carbocycles. The van der Waals surface area contributed by atoms with E-state index in [0.29, 0.717) is 44.7 Å². The van der Waals surface area contributed by atoms with E-state index in [0.717, 1.165) is 35.8 Å². The number of ketones is 1. The third-order valence-corrected chi connectivity index (χ3v) is 7.78. The van der Waals surface area contributed by atoms with Crippen molar-refractivity contribution in [2.45, 2.75) is 78.8 Å². The van der Waals surface area contributed by atoms with Crippen LogP contribution in [-0.2, 0) is 25.6 Å². The minimum absolute atomic E-state index is 0.260. The Balaban J connectivity index is 1.72. The van der Waals surface area contributed by atoms with Crippen LogP contribution in [0.4, 0.5) is 0 Å². The van der Waals surface area contributed by atoms with Crippen LogP contribution in [0.25, 0.3) is 10.8 Å². The molecule has 8 nitrogen and oxygen atoms in total. The van der Waals surface area contributed by atoms with Crippen LogP contribution in [0.5, 0.6) is 0 Å². The number of hydrogen-bond donors (Lipinski definition) is 3. The van der Waals surface area contributed by atoms with Gasteiger partial charge in [0.05, 0.1) is 0 Å². The highest BCUT2D eigenvalue weighted by molar-refractivity contribution is 6.38.